The third-order valence-corrected chi connectivity index (χ3v) is 4.23. The summed E-state index contributed by atoms with van der Waals surface area (Å²) in [5.74, 6) is -0.198. The van der Waals surface area contributed by atoms with Gasteiger partial charge < -0.3 is 19.8 Å². The van der Waals surface area contributed by atoms with E-state index in [4.69, 9.17) is 10.00 Å². The number of nitriles is 1. The Labute approximate surface area is 145 Å². The molecule has 0 aromatic heterocycles. The Hall–Kier alpha value is -3.20. The van der Waals surface area contributed by atoms with Crippen molar-refractivity contribution in [3.63, 3.8) is 0 Å². The molecule has 0 bridgehead atoms. The third-order valence-electron chi connectivity index (χ3n) is 4.23. The predicted molar refractivity (Wildman–Crippen MR) is 90.5 cm³/mol. The lowest BCUT2D eigenvalue weighted by Crippen LogP contribution is -2.41. The van der Waals surface area contributed by atoms with Crippen LogP contribution in [0.5, 0.6) is 17.2 Å². The summed E-state index contributed by atoms with van der Waals surface area (Å²) in [5, 5.41) is 28.6. The molecule has 1 amide bonds. The molecular weight excluding hydrogens is 320 g/mol. The maximum atomic E-state index is 12.5. The summed E-state index contributed by atoms with van der Waals surface area (Å²) in [6, 6.07) is 13.3. The maximum Gasteiger partial charge on any atom is 0.261 e. The number of phenols is 2. The molecule has 2 N–H and O–H groups in total. The normalized spacial score (nSPS) is 14.8. The highest BCUT2D eigenvalue weighted by Crippen LogP contribution is 2.29. The zero-order chi connectivity index (χ0) is 17.8. The number of amides is 1. The van der Waals surface area contributed by atoms with Gasteiger partial charge in [-0.1, -0.05) is 12.1 Å². The minimum atomic E-state index is -0.388. The molecule has 0 aliphatic carbocycles. The lowest BCUT2D eigenvalue weighted by atomic mass is 10.1. The average Bonchev–Trinajstić information content (AvgIpc) is 2.62. The van der Waals surface area contributed by atoms with Crippen LogP contribution >= 0.6 is 0 Å². The van der Waals surface area contributed by atoms with Gasteiger partial charge in [-0.2, -0.15) is 5.26 Å². The molecule has 0 unspecified atom stereocenters. The first-order chi connectivity index (χ1) is 12.1. The van der Waals surface area contributed by atoms with Gasteiger partial charge in [-0.15, -0.1) is 0 Å². The van der Waals surface area contributed by atoms with E-state index in [1.165, 1.54) is 18.2 Å². The van der Waals surface area contributed by atoms with Crippen molar-refractivity contribution >= 4 is 5.91 Å². The van der Waals surface area contributed by atoms with Crippen molar-refractivity contribution < 1.29 is 19.7 Å². The molecule has 0 spiro atoms. The first-order valence-electron chi connectivity index (χ1n) is 8.05. The number of aromatic hydroxyl groups is 2. The van der Waals surface area contributed by atoms with Crippen LogP contribution in [-0.2, 0) is 0 Å². The number of hydrogen-bond acceptors (Lipinski definition) is 5. The zero-order valence-electron chi connectivity index (χ0n) is 13.6. The molecule has 6 heteroatoms. The lowest BCUT2D eigenvalue weighted by Gasteiger charge is -2.32. The lowest BCUT2D eigenvalue weighted by molar-refractivity contribution is 0.0590. The van der Waals surface area contributed by atoms with Crippen molar-refractivity contribution in [2.45, 2.75) is 18.9 Å². The highest BCUT2D eigenvalue weighted by Gasteiger charge is 2.27. The number of nitrogens with zero attached hydrogens (tertiary/aromatic N) is 2. The van der Waals surface area contributed by atoms with Gasteiger partial charge in [-0.25, -0.2) is 0 Å². The van der Waals surface area contributed by atoms with E-state index in [-0.39, 0.29) is 29.1 Å². The van der Waals surface area contributed by atoms with E-state index in [0.29, 0.717) is 37.2 Å². The molecule has 2 aromatic carbocycles. The van der Waals surface area contributed by atoms with Crippen LogP contribution in [0.1, 0.15) is 28.8 Å². The van der Waals surface area contributed by atoms with Crippen molar-refractivity contribution in [1.82, 2.24) is 4.90 Å². The Morgan fingerprint density at radius 3 is 2.40 bits per heavy atom. The Morgan fingerprint density at radius 1 is 1.12 bits per heavy atom. The zero-order valence-corrected chi connectivity index (χ0v) is 13.6. The number of ether oxygens (including phenoxy) is 1. The number of rotatable bonds is 3. The van der Waals surface area contributed by atoms with E-state index in [0.717, 1.165) is 0 Å². The molecule has 1 heterocycles. The molecule has 0 atom stereocenters. The van der Waals surface area contributed by atoms with Gasteiger partial charge in [0.05, 0.1) is 11.6 Å². The highest BCUT2D eigenvalue weighted by atomic mass is 16.5. The average molecular weight is 338 g/mol. The van der Waals surface area contributed by atoms with Gasteiger partial charge in [-0.3, -0.25) is 4.79 Å². The van der Waals surface area contributed by atoms with Crippen LogP contribution in [0.3, 0.4) is 0 Å². The standard InChI is InChI=1S/C19H18N2O4/c20-12-13-3-1-4-15(11-13)25-14-7-9-21(10-8-14)19(24)18-16(22)5-2-6-17(18)23/h1-6,11,14,22-23H,7-10H2. The fraction of sp³-hybridized carbons (Fsp3) is 0.263. The van der Waals surface area contributed by atoms with E-state index >= 15 is 0 Å². The number of piperidine rings is 1. The van der Waals surface area contributed by atoms with Crippen LogP contribution < -0.4 is 4.74 Å². The van der Waals surface area contributed by atoms with E-state index < -0.39 is 0 Å². The summed E-state index contributed by atoms with van der Waals surface area (Å²) in [5.41, 5.74) is 0.476. The van der Waals surface area contributed by atoms with Crippen LogP contribution in [0.2, 0.25) is 0 Å². The van der Waals surface area contributed by atoms with Gasteiger partial charge in [0.2, 0.25) is 0 Å². The second kappa shape index (κ2) is 7.14. The summed E-state index contributed by atoms with van der Waals surface area (Å²) in [4.78, 5) is 14.1. The van der Waals surface area contributed by atoms with Gasteiger partial charge in [0.15, 0.2) is 0 Å². The van der Waals surface area contributed by atoms with Crippen molar-refractivity contribution in [1.29, 1.82) is 5.26 Å². The highest BCUT2D eigenvalue weighted by molar-refractivity contribution is 5.99. The molecule has 0 saturated carbocycles. The predicted octanol–water partition coefficient (Wildman–Crippen LogP) is 2.65. The Morgan fingerprint density at radius 2 is 1.76 bits per heavy atom. The fourth-order valence-corrected chi connectivity index (χ4v) is 2.91. The molecular formula is C19H18N2O4. The van der Waals surface area contributed by atoms with Crippen molar-refractivity contribution in [2.75, 3.05) is 13.1 Å². The van der Waals surface area contributed by atoms with Gasteiger partial charge in [-0.05, 0) is 30.3 Å². The molecule has 2 aromatic rings. The second-order valence-electron chi connectivity index (χ2n) is 5.92. The van der Waals surface area contributed by atoms with E-state index in [9.17, 15) is 15.0 Å². The number of benzene rings is 2. The fourth-order valence-electron chi connectivity index (χ4n) is 2.91. The molecule has 3 rings (SSSR count). The summed E-state index contributed by atoms with van der Waals surface area (Å²) in [7, 11) is 0. The van der Waals surface area contributed by atoms with Crippen LogP contribution in [0.15, 0.2) is 42.5 Å². The molecule has 25 heavy (non-hydrogen) atoms. The van der Waals surface area contributed by atoms with Gasteiger partial charge in [0.1, 0.15) is 28.9 Å². The molecule has 1 aliphatic rings. The Bertz CT molecular complexity index is 800. The van der Waals surface area contributed by atoms with Crippen LogP contribution in [0.25, 0.3) is 0 Å². The number of carbonyl (C=O) groups excluding carboxylic acids is 1. The molecule has 1 aliphatic heterocycles. The van der Waals surface area contributed by atoms with Crippen LogP contribution in [-0.4, -0.2) is 40.2 Å². The molecule has 128 valence electrons. The monoisotopic (exact) mass is 338 g/mol. The molecule has 1 fully saturated rings. The minimum Gasteiger partial charge on any atom is -0.507 e. The van der Waals surface area contributed by atoms with Gasteiger partial charge in [0.25, 0.3) is 5.91 Å². The van der Waals surface area contributed by atoms with Crippen molar-refractivity contribution in [3.8, 4) is 23.3 Å². The maximum absolute atomic E-state index is 12.5. The van der Waals surface area contributed by atoms with E-state index in [2.05, 4.69) is 6.07 Å². The van der Waals surface area contributed by atoms with Crippen LogP contribution in [0, 0.1) is 11.3 Å². The summed E-state index contributed by atoms with van der Waals surface area (Å²) in [6.45, 7) is 0.935. The molecule has 6 nitrogen and oxygen atoms in total. The first kappa shape index (κ1) is 16.7. The second-order valence-corrected chi connectivity index (χ2v) is 5.92. The van der Waals surface area contributed by atoms with Gasteiger partial charge >= 0.3 is 0 Å². The number of hydrogen-bond donors (Lipinski definition) is 2. The number of likely N-dealkylation sites (tertiary alicyclic amines) is 1. The minimum absolute atomic E-state index is 0.0454. The summed E-state index contributed by atoms with van der Waals surface area (Å²) in [6.07, 6.45) is 1.23. The van der Waals surface area contributed by atoms with E-state index in [1.807, 2.05) is 0 Å². The van der Waals surface area contributed by atoms with Crippen LogP contribution in [0.4, 0.5) is 0 Å². The van der Waals surface area contributed by atoms with Crippen molar-refractivity contribution in [3.05, 3.63) is 53.6 Å². The Kier molecular flexibility index (Phi) is 4.75. The number of phenolic OH excluding ortho intramolecular Hbond substituents is 2. The topological polar surface area (TPSA) is 93.8 Å². The van der Waals surface area contributed by atoms with Crippen molar-refractivity contribution in [2.24, 2.45) is 0 Å². The molecule has 1 saturated heterocycles. The summed E-state index contributed by atoms with van der Waals surface area (Å²) < 4.78 is 5.89. The first-order valence-corrected chi connectivity index (χ1v) is 8.05. The van der Waals surface area contributed by atoms with Gasteiger partial charge in [0, 0.05) is 25.9 Å². The largest absolute Gasteiger partial charge is 0.507 e. The SMILES string of the molecule is N#Cc1cccc(OC2CCN(C(=O)c3c(O)cccc3O)CC2)c1. The smallest absolute Gasteiger partial charge is 0.261 e. The summed E-state index contributed by atoms with van der Waals surface area (Å²) >= 11 is 0. The number of carbonyl (C=O) groups is 1. The van der Waals surface area contributed by atoms with E-state index in [1.54, 1.807) is 29.2 Å². The quantitative estimate of drug-likeness (QED) is 0.897. The Balaban J connectivity index is 1.62. The molecule has 0 radical (unpaired) electrons. The third kappa shape index (κ3) is 3.66.